The van der Waals surface area contributed by atoms with E-state index in [1.807, 2.05) is 18.0 Å². The Morgan fingerprint density at radius 2 is 2.40 bits per heavy atom. The van der Waals surface area contributed by atoms with Gasteiger partial charge in [0.1, 0.15) is 6.10 Å². The third kappa shape index (κ3) is 6.82. The molecule has 0 amide bonds. The molecule has 1 unspecified atom stereocenters. The van der Waals surface area contributed by atoms with Gasteiger partial charge in [-0.15, -0.1) is 0 Å². The van der Waals surface area contributed by atoms with Crippen LogP contribution >= 0.6 is 11.8 Å². The molecule has 0 aromatic heterocycles. The molecule has 0 saturated carbocycles. The van der Waals surface area contributed by atoms with Gasteiger partial charge in [0.15, 0.2) is 0 Å². The van der Waals surface area contributed by atoms with Crippen LogP contribution in [0.15, 0.2) is 12.3 Å². The molecular weight excluding hydrogens is 210 g/mol. The van der Waals surface area contributed by atoms with Gasteiger partial charge in [0.2, 0.25) is 0 Å². The minimum atomic E-state index is 0.308. The van der Waals surface area contributed by atoms with Gasteiger partial charge in [0.25, 0.3) is 0 Å². The smallest absolute Gasteiger partial charge is 0.110 e. The summed E-state index contributed by atoms with van der Waals surface area (Å²) < 4.78 is 5.44. The van der Waals surface area contributed by atoms with Crippen molar-refractivity contribution in [2.24, 2.45) is 0 Å². The second kappa shape index (κ2) is 9.07. The van der Waals surface area contributed by atoms with E-state index >= 15 is 0 Å². The molecule has 0 aromatic rings. The van der Waals surface area contributed by atoms with Gasteiger partial charge in [-0.25, -0.2) is 0 Å². The normalized spacial score (nSPS) is 20.2. The predicted octanol–water partition coefficient (Wildman–Crippen LogP) is 1.38. The van der Waals surface area contributed by atoms with Crippen molar-refractivity contribution in [3.8, 4) is 0 Å². The molecule has 15 heavy (non-hydrogen) atoms. The molecule has 3 nitrogen and oxygen atoms in total. The van der Waals surface area contributed by atoms with Gasteiger partial charge in [-0.3, -0.25) is 0 Å². The second-order valence-electron chi connectivity index (χ2n) is 3.60. The van der Waals surface area contributed by atoms with Crippen molar-refractivity contribution >= 4 is 11.8 Å². The molecule has 0 bridgehead atoms. The Bertz CT molecular complexity index is 176. The topological polar surface area (TPSA) is 41.5 Å². The van der Waals surface area contributed by atoms with Crippen LogP contribution in [0, 0.1) is 0 Å². The molecule has 0 aliphatic carbocycles. The van der Waals surface area contributed by atoms with Crippen LogP contribution in [0.5, 0.6) is 0 Å². The number of rotatable bonds is 8. The number of hydrogen-bond donors (Lipinski definition) is 2. The molecule has 1 aliphatic rings. The molecular formula is C11H21NO2S. The number of aliphatic hydroxyl groups is 1. The monoisotopic (exact) mass is 231 g/mol. The van der Waals surface area contributed by atoms with Crippen molar-refractivity contribution in [3.63, 3.8) is 0 Å². The highest BCUT2D eigenvalue weighted by Crippen LogP contribution is 2.08. The number of aliphatic hydroxyl groups excluding tert-OH is 1. The van der Waals surface area contributed by atoms with Crippen LogP contribution in [0.25, 0.3) is 0 Å². The molecule has 0 radical (unpaired) electrons. The third-order valence-corrected chi connectivity index (χ3v) is 3.33. The van der Waals surface area contributed by atoms with Crippen LogP contribution in [-0.4, -0.2) is 42.4 Å². The fraction of sp³-hybridized carbons (Fsp3) is 0.818. The number of thioether (sulfide) groups is 1. The molecule has 1 heterocycles. The van der Waals surface area contributed by atoms with Crippen molar-refractivity contribution in [3.05, 3.63) is 12.3 Å². The van der Waals surface area contributed by atoms with Gasteiger partial charge in [0, 0.05) is 25.4 Å². The van der Waals surface area contributed by atoms with Crippen LogP contribution in [0.1, 0.15) is 19.3 Å². The summed E-state index contributed by atoms with van der Waals surface area (Å²) in [5.41, 5.74) is 0. The van der Waals surface area contributed by atoms with Crippen molar-refractivity contribution in [2.45, 2.75) is 25.4 Å². The summed E-state index contributed by atoms with van der Waals surface area (Å²) in [5.74, 6) is 2.17. The molecule has 1 rings (SSSR count). The highest BCUT2D eigenvalue weighted by Gasteiger charge is 2.09. The molecule has 4 heteroatoms. The first-order valence-electron chi connectivity index (χ1n) is 5.63. The average molecular weight is 231 g/mol. The first kappa shape index (κ1) is 12.9. The van der Waals surface area contributed by atoms with Gasteiger partial charge in [0.05, 0.1) is 6.26 Å². The molecule has 0 fully saturated rings. The lowest BCUT2D eigenvalue weighted by Crippen LogP contribution is -2.30. The van der Waals surface area contributed by atoms with Crippen LogP contribution in [0.2, 0.25) is 0 Å². The zero-order chi connectivity index (χ0) is 10.8. The Morgan fingerprint density at radius 1 is 1.47 bits per heavy atom. The van der Waals surface area contributed by atoms with Crippen molar-refractivity contribution in [1.82, 2.24) is 5.32 Å². The zero-order valence-electron chi connectivity index (χ0n) is 9.15. The molecule has 0 spiro atoms. The van der Waals surface area contributed by atoms with Crippen LogP contribution in [0.4, 0.5) is 0 Å². The van der Waals surface area contributed by atoms with E-state index in [9.17, 15) is 0 Å². The molecule has 2 N–H and O–H groups in total. The van der Waals surface area contributed by atoms with E-state index < -0.39 is 0 Å². The lowest BCUT2D eigenvalue weighted by Gasteiger charge is -2.19. The minimum Gasteiger partial charge on any atom is -0.497 e. The SMILES string of the molecule is OCCCSCCNCC1CCC=CO1. The molecule has 1 aliphatic heterocycles. The summed E-state index contributed by atoms with van der Waals surface area (Å²) in [6.45, 7) is 2.28. The van der Waals surface area contributed by atoms with E-state index in [1.165, 1.54) is 0 Å². The third-order valence-electron chi connectivity index (χ3n) is 2.26. The maximum absolute atomic E-state index is 8.59. The number of nitrogens with one attached hydrogen (secondary N) is 1. The first-order chi connectivity index (χ1) is 7.43. The van der Waals surface area contributed by atoms with Gasteiger partial charge >= 0.3 is 0 Å². The largest absolute Gasteiger partial charge is 0.497 e. The molecule has 1 atom stereocenters. The van der Waals surface area contributed by atoms with E-state index in [-0.39, 0.29) is 0 Å². The highest BCUT2D eigenvalue weighted by atomic mass is 32.2. The van der Waals surface area contributed by atoms with Crippen molar-refractivity contribution in [2.75, 3.05) is 31.2 Å². The number of allylic oxidation sites excluding steroid dienone is 1. The van der Waals surface area contributed by atoms with Crippen LogP contribution in [-0.2, 0) is 4.74 Å². The second-order valence-corrected chi connectivity index (χ2v) is 4.83. The predicted molar refractivity (Wildman–Crippen MR) is 65.1 cm³/mol. The Hall–Kier alpha value is -0.190. The lowest BCUT2D eigenvalue weighted by atomic mass is 10.1. The molecule has 0 aromatic carbocycles. The fourth-order valence-corrected chi connectivity index (χ4v) is 2.24. The minimum absolute atomic E-state index is 0.308. The summed E-state index contributed by atoms with van der Waals surface area (Å²) in [7, 11) is 0. The van der Waals surface area contributed by atoms with E-state index in [2.05, 4.69) is 11.4 Å². The van der Waals surface area contributed by atoms with Crippen molar-refractivity contribution in [1.29, 1.82) is 0 Å². The maximum atomic E-state index is 8.59. The standard InChI is InChI=1S/C11H21NO2S/c13-6-3-8-15-9-5-12-10-11-4-1-2-7-14-11/h2,7,11-13H,1,3-6,8-10H2. The Balaban J connectivity index is 1.82. The molecule has 88 valence electrons. The summed E-state index contributed by atoms with van der Waals surface area (Å²) in [6, 6.07) is 0. The summed E-state index contributed by atoms with van der Waals surface area (Å²) in [4.78, 5) is 0. The first-order valence-corrected chi connectivity index (χ1v) is 6.78. The van der Waals surface area contributed by atoms with E-state index in [0.717, 1.165) is 43.9 Å². The van der Waals surface area contributed by atoms with Gasteiger partial charge in [-0.2, -0.15) is 11.8 Å². The number of hydrogen-bond acceptors (Lipinski definition) is 4. The Kier molecular flexibility index (Phi) is 7.78. The Morgan fingerprint density at radius 3 is 3.13 bits per heavy atom. The average Bonchev–Trinajstić information content (AvgIpc) is 2.29. The zero-order valence-corrected chi connectivity index (χ0v) is 9.97. The Labute approximate surface area is 96.3 Å². The maximum Gasteiger partial charge on any atom is 0.110 e. The van der Waals surface area contributed by atoms with E-state index in [0.29, 0.717) is 12.7 Å². The van der Waals surface area contributed by atoms with E-state index in [4.69, 9.17) is 9.84 Å². The van der Waals surface area contributed by atoms with E-state index in [1.54, 1.807) is 0 Å². The van der Waals surface area contributed by atoms with Gasteiger partial charge < -0.3 is 15.2 Å². The highest BCUT2D eigenvalue weighted by molar-refractivity contribution is 7.99. The van der Waals surface area contributed by atoms with Gasteiger partial charge in [-0.05, 0) is 31.1 Å². The number of ether oxygens (including phenoxy) is 1. The lowest BCUT2D eigenvalue weighted by molar-refractivity contribution is 0.123. The molecule has 0 saturated heterocycles. The van der Waals surface area contributed by atoms with Crippen LogP contribution in [0.3, 0.4) is 0 Å². The quantitative estimate of drug-likeness (QED) is 0.619. The summed E-state index contributed by atoms with van der Waals surface area (Å²) in [5, 5.41) is 12.0. The van der Waals surface area contributed by atoms with Crippen LogP contribution < -0.4 is 5.32 Å². The van der Waals surface area contributed by atoms with Gasteiger partial charge in [-0.1, -0.05) is 0 Å². The summed E-state index contributed by atoms with van der Waals surface area (Å²) in [6.07, 6.45) is 7.41. The fourth-order valence-electron chi connectivity index (χ4n) is 1.41. The summed E-state index contributed by atoms with van der Waals surface area (Å²) >= 11 is 1.89. The van der Waals surface area contributed by atoms with Crippen molar-refractivity contribution < 1.29 is 9.84 Å².